The van der Waals surface area contributed by atoms with Crippen molar-refractivity contribution in [2.24, 2.45) is 0 Å². The van der Waals surface area contributed by atoms with Crippen molar-refractivity contribution in [3.63, 3.8) is 0 Å². The van der Waals surface area contributed by atoms with E-state index in [-0.39, 0.29) is 16.5 Å². The molecule has 1 aromatic carbocycles. The van der Waals surface area contributed by atoms with Gasteiger partial charge in [0.1, 0.15) is 11.6 Å². The van der Waals surface area contributed by atoms with Crippen LogP contribution < -0.4 is 10.5 Å². The maximum absolute atomic E-state index is 12.5. The summed E-state index contributed by atoms with van der Waals surface area (Å²) in [5.74, 6) is 0.199. The zero-order valence-corrected chi connectivity index (χ0v) is 15.7. The first-order valence-electron chi connectivity index (χ1n) is 7.72. The molecule has 0 atom stereocenters. The van der Waals surface area contributed by atoms with Gasteiger partial charge in [-0.1, -0.05) is 17.7 Å². The Morgan fingerprint density at radius 3 is 2.63 bits per heavy atom. The Hall–Kier alpha value is -3.15. The molecule has 0 bridgehead atoms. The van der Waals surface area contributed by atoms with E-state index in [1.165, 1.54) is 24.4 Å². The van der Waals surface area contributed by atoms with Crippen molar-refractivity contribution in [3.8, 4) is 17.3 Å². The average molecular weight is 400 g/mol. The van der Waals surface area contributed by atoms with Crippen LogP contribution in [-0.2, 0) is 10.0 Å². The second kappa shape index (κ2) is 7.23. The lowest BCUT2D eigenvalue weighted by atomic mass is 10.0. The van der Waals surface area contributed by atoms with Crippen molar-refractivity contribution in [1.29, 1.82) is 5.26 Å². The van der Waals surface area contributed by atoms with Crippen LogP contribution in [0.5, 0.6) is 0 Å². The Morgan fingerprint density at radius 1 is 1.19 bits per heavy atom. The van der Waals surface area contributed by atoms with E-state index in [0.717, 1.165) is 5.56 Å². The van der Waals surface area contributed by atoms with Crippen molar-refractivity contribution < 1.29 is 8.42 Å². The molecular weight excluding hydrogens is 386 g/mol. The molecule has 7 nitrogen and oxygen atoms in total. The molecule has 0 unspecified atom stereocenters. The number of nitriles is 1. The number of aromatic nitrogens is 2. The smallest absolute Gasteiger partial charge is 0.263 e. The number of nitrogens with two attached hydrogens (primary N) is 1. The summed E-state index contributed by atoms with van der Waals surface area (Å²) in [6.07, 6.45) is 1.31. The highest BCUT2D eigenvalue weighted by molar-refractivity contribution is 7.92. The van der Waals surface area contributed by atoms with Gasteiger partial charge in [-0.25, -0.2) is 18.4 Å². The Kier molecular flexibility index (Phi) is 4.99. The number of benzene rings is 1. The van der Waals surface area contributed by atoms with E-state index in [1.54, 1.807) is 24.3 Å². The molecule has 136 valence electrons. The summed E-state index contributed by atoms with van der Waals surface area (Å²) >= 11 is 6.26. The second-order valence-corrected chi connectivity index (χ2v) is 7.78. The SMILES string of the molecule is Cc1cc(C#N)ccc1-c1nc(NS(=O)(=O)c2ccnc(N)c2)ccc1Cl. The van der Waals surface area contributed by atoms with Gasteiger partial charge >= 0.3 is 0 Å². The quantitative estimate of drug-likeness (QED) is 0.693. The topological polar surface area (TPSA) is 122 Å². The van der Waals surface area contributed by atoms with E-state index in [9.17, 15) is 8.42 Å². The zero-order chi connectivity index (χ0) is 19.6. The van der Waals surface area contributed by atoms with Gasteiger partial charge < -0.3 is 5.73 Å². The first-order chi connectivity index (χ1) is 12.8. The van der Waals surface area contributed by atoms with Crippen LogP contribution in [0.3, 0.4) is 0 Å². The van der Waals surface area contributed by atoms with Crippen LogP contribution >= 0.6 is 11.6 Å². The normalized spacial score (nSPS) is 11.0. The molecule has 9 heteroatoms. The number of anilines is 2. The molecule has 0 radical (unpaired) electrons. The lowest BCUT2D eigenvalue weighted by Gasteiger charge is -2.12. The maximum atomic E-state index is 12.5. The van der Waals surface area contributed by atoms with E-state index < -0.39 is 10.0 Å². The fraction of sp³-hybridized carbons (Fsp3) is 0.0556. The molecule has 0 saturated heterocycles. The summed E-state index contributed by atoms with van der Waals surface area (Å²) < 4.78 is 27.5. The Bertz CT molecular complexity index is 1170. The molecule has 0 fully saturated rings. The summed E-state index contributed by atoms with van der Waals surface area (Å²) in [7, 11) is -3.89. The first-order valence-corrected chi connectivity index (χ1v) is 9.58. The fourth-order valence-corrected chi connectivity index (χ4v) is 3.71. The van der Waals surface area contributed by atoms with Gasteiger partial charge in [0.05, 0.1) is 27.2 Å². The number of nitrogen functional groups attached to an aromatic ring is 1. The molecule has 0 aliphatic rings. The van der Waals surface area contributed by atoms with E-state index in [1.807, 2.05) is 6.92 Å². The molecule has 3 aromatic rings. The Labute approximate surface area is 161 Å². The molecule has 0 aliphatic carbocycles. The molecule has 3 N–H and O–H groups in total. The van der Waals surface area contributed by atoms with Crippen molar-refractivity contribution in [1.82, 2.24) is 9.97 Å². The summed E-state index contributed by atoms with van der Waals surface area (Å²) in [5, 5.41) is 9.36. The molecule has 3 rings (SSSR count). The van der Waals surface area contributed by atoms with Crippen LogP contribution in [0.1, 0.15) is 11.1 Å². The van der Waals surface area contributed by atoms with Gasteiger partial charge in [0.25, 0.3) is 10.0 Å². The zero-order valence-electron chi connectivity index (χ0n) is 14.1. The number of hydrogen-bond acceptors (Lipinski definition) is 6. The minimum Gasteiger partial charge on any atom is -0.384 e. The van der Waals surface area contributed by atoms with Gasteiger partial charge in [0.15, 0.2) is 0 Å². The molecule has 2 heterocycles. The van der Waals surface area contributed by atoms with Crippen LogP contribution in [0.2, 0.25) is 5.02 Å². The lowest BCUT2D eigenvalue weighted by molar-refractivity contribution is 0.601. The summed E-state index contributed by atoms with van der Waals surface area (Å²) in [5.41, 5.74) is 7.97. The maximum Gasteiger partial charge on any atom is 0.263 e. The fourth-order valence-electron chi connectivity index (χ4n) is 2.48. The van der Waals surface area contributed by atoms with Crippen LogP contribution in [0.25, 0.3) is 11.3 Å². The molecule has 2 aromatic heterocycles. The van der Waals surface area contributed by atoms with Crippen LogP contribution in [-0.4, -0.2) is 18.4 Å². The highest BCUT2D eigenvalue weighted by Gasteiger charge is 2.17. The van der Waals surface area contributed by atoms with Gasteiger partial charge in [0, 0.05) is 17.8 Å². The van der Waals surface area contributed by atoms with Crippen molar-refractivity contribution >= 4 is 33.3 Å². The van der Waals surface area contributed by atoms with Gasteiger partial charge in [-0.2, -0.15) is 5.26 Å². The predicted molar refractivity (Wildman–Crippen MR) is 104 cm³/mol. The number of nitrogens with one attached hydrogen (secondary N) is 1. The van der Waals surface area contributed by atoms with E-state index in [0.29, 0.717) is 21.8 Å². The number of hydrogen-bond donors (Lipinski definition) is 2. The summed E-state index contributed by atoms with van der Waals surface area (Å²) in [4.78, 5) is 8.09. The van der Waals surface area contributed by atoms with Gasteiger partial charge in [-0.15, -0.1) is 0 Å². The highest BCUT2D eigenvalue weighted by atomic mass is 35.5. The largest absolute Gasteiger partial charge is 0.384 e. The number of pyridine rings is 2. The van der Waals surface area contributed by atoms with Crippen LogP contribution in [0.4, 0.5) is 11.6 Å². The molecule has 0 amide bonds. The van der Waals surface area contributed by atoms with Gasteiger partial charge in [-0.3, -0.25) is 4.72 Å². The molecule has 0 saturated carbocycles. The third kappa shape index (κ3) is 4.00. The minimum absolute atomic E-state index is 0.0251. The third-order valence-electron chi connectivity index (χ3n) is 3.76. The van der Waals surface area contributed by atoms with Crippen molar-refractivity contribution in [2.75, 3.05) is 10.5 Å². The minimum atomic E-state index is -3.89. The molecule has 27 heavy (non-hydrogen) atoms. The molecule has 0 spiro atoms. The third-order valence-corrected chi connectivity index (χ3v) is 5.42. The number of halogens is 1. The number of aryl methyl sites for hydroxylation is 1. The highest BCUT2D eigenvalue weighted by Crippen LogP contribution is 2.31. The summed E-state index contributed by atoms with van der Waals surface area (Å²) in [6, 6.07) is 12.8. The van der Waals surface area contributed by atoms with E-state index in [2.05, 4.69) is 20.8 Å². The summed E-state index contributed by atoms with van der Waals surface area (Å²) in [6.45, 7) is 1.82. The van der Waals surface area contributed by atoms with Crippen molar-refractivity contribution in [3.05, 3.63) is 64.8 Å². The monoisotopic (exact) mass is 399 g/mol. The first kappa shape index (κ1) is 18.6. The second-order valence-electron chi connectivity index (χ2n) is 5.69. The van der Waals surface area contributed by atoms with E-state index >= 15 is 0 Å². The van der Waals surface area contributed by atoms with Gasteiger partial charge in [0.2, 0.25) is 0 Å². The van der Waals surface area contributed by atoms with Crippen molar-refractivity contribution in [2.45, 2.75) is 11.8 Å². The van der Waals surface area contributed by atoms with Gasteiger partial charge in [-0.05, 0) is 42.8 Å². The molecule has 0 aliphatic heterocycles. The number of nitrogens with zero attached hydrogens (tertiary/aromatic N) is 3. The van der Waals surface area contributed by atoms with Crippen LogP contribution in [0.15, 0.2) is 53.6 Å². The number of sulfonamides is 1. The molecular formula is C18H14ClN5O2S. The number of rotatable bonds is 4. The Balaban J connectivity index is 2.00. The van der Waals surface area contributed by atoms with E-state index in [4.69, 9.17) is 22.6 Å². The Morgan fingerprint density at radius 2 is 1.96 bits per heavy atom. The van der Waals surface area contributed by atoms with Crippen LogP contribution in [0, 0.1) is 18.3 Å². The average Bonchev–Trinajstić information content (AvgIpc) is 2.63. The standard InChI is InChI=1S/C18H14ClN5O2S/c1-11-8-12(10-20)2-3-14(11)18-15(19)4-5-17(23-18)24-27(25,26)13-6-7-22-16(21)9-13/h2-9H,1H3,(H2,21,22)(H,23,24). The predicted octanol–water partition coefficient (Wildman–Crippen LogP) is 3.36. The lowest BCUT2D eigenvalue weighted by Crippen LogP contribution is -2.14.